The number of halogens is 1. The molecule has 5 rings (SSSR count). The second-order valence-corrected chi connectivity index (χ2v) is 7.42. The van der Waals surface area contributed by atoms with Gasteiger partial charge in [0.15, 0.2) is 5.76 Å². The summed E-state index contributed by atoms with van der Waals surface area (Å²) in [4.78, 5) is 0. The third kappa shape index (κ3) is 3.83. The SMILES string of the molecule is COc1ccc(-c2nn(-c3cccc(Cl)c3)cc2-c2cc(-c3ccccc3)no2)cc1. The van der Waals surface area contributed by atoms with Crippen molar-refractivity contribution < 1.29 is 9.26 Å². The zero-order chi connectivity index (χ0) is 21.2. The number of hydrogen-bond acceptors (Lipinski definition) is 4. The molecule has 0 amide bonds. The highest BCUT2D eigenvalue weighted by atomic mass is 35.5. The molecule has 0 atom stereocenters. The Bertz CT molecular complexity index is 1320. The summed E-state index contributed by atoms with van der Waals surface area (Å²) in [5.74, 6) is 1.42. The molecule has 0 spiro atoms. The Morgan fingerprint density at radius 2 is 1.68 bits per heavy atom. The summed E-state index contributed by atoms with van der Waals surface area (Å²) in [6.07, 6.45) is 1.93. The van der Waals surface area contributed by atoms with Crippen LogP contribution < -0.4 is 4.74 Å². The number of methoxy groups -OCH3 is 1. The molecule has 5 aromatic rings. The molecule has 0 aliphatic rings. The van der Waals surface area contributed by atoms with E-state index in [9.17, 15) is 0 Å². The van der Waals surface area contributed by atoms with E-state index in [0.29, 0.717) is 10.8 Å². The van der Waals surface area contributed by atoms with Gasteiger partial charge in [-0.3, -0.25) is 0 Å². The van der Waals surface area contributed by atoms with Gasteiger partial charge >= 0.3 is 0 Å². The van der Waals surface area contributed by atoms with Gasteiger partial charge in [-0.05, 0) is 42.5 Å². The van der Waals surface area contributed by atoms with Crippen molar-refractivity contribution in [3.8, 4) is 45.3 Å². The molecule has 0 aliphatic heterocycles. The van der Waals surface area contributed by atoms with E-state index in [4.69, 9.17) is 26.0 Å². The van der Waals surface area contributed by atoms with Gasteiger partial charge in [0, 0.05) is 28.4 Å². The highest BCUT2D eigenvalue weighted by Crippen LogP contribution is 2.35. The van der Waals surface area contributed by atoms with Crippen molar-refractivity contribution in [3.05, 3.63) is 96.1 Å². The first-order valence-corrected chi connectivity index (χ1v) is 10.1. The van der Waals surface area contributed by atoms with E-state index in [-0.39, 0.29) is 0 Å². The molecular weight excluding hydrogens is 410 g/mol. The zero-order valence-electron chi connectivity index (χ0n) is 16.7. The van der Waals surface area contributed by atoms with Crippen molar-refractivity contribution in [2.45, 2.75) is 0 Å². The molecule has 0 saturated carbocycles. The van der Waals surface area contributed by atoms with Crippen LogP contribution in [-0.2, 0) is 0 Å². The van der Waals surface area contributed by atoms with Crippen LogP contribution in [0.3, 0.4) is 0 Å². The van der Waals surface area contributed by atoms with Crippen LogP contribution >= 0.6 is 11.6 Å². The summed E-state index contributed by atoms with van der Waals surface area (Å²) in [6.45, 7) is 0. The van der Waals surface area contributed by atoms with Crippen LogP contribution in [0.5, 0.6) is 5.75 Å². The largest absolute Gasteiger partial charge is 0.497 e. The van der Waals surface area contributed by atoms with E-state index in [0.717, 1.165) is 39.5 Å². The van der Waals surface area contributed by atoms with Gasteiger partial charge in [-0.15, -0.1) is 0 Å². The number of aromatic nitrogens is 3. The Balaban J connectivity index is 1.63. The van der Waals surface area contributed by atoms with Crippen LogP contribution in [0.4, 0.5) is 0 Å². The number of ether oxygens (including phenoxy) is 1. The molecule has 6 heteroatoms. The Labute approximate surface area is 184 Å². The lowest BCUT2D eigenvalue weighted by molar-refractivity contribution is 0.415. The maximum Gasteiger partial charge on any atom is 0.171 e. The van der Waals surface area contributed by atoms with Crippen LogP contribution in [-0.4, -0.2) is 22.0 Å². The summed E-state index contributed by atoms with van der Waals surface area (Å²) in [7, 11) is 1.65. The normalized spacial score (nSPS) is 10.9. The van der Waals surface area contributed by atoms with Gasteiger partial charge in [0.25, 0.3) is 0 Å². The second-order valence-electron chi connectivity index (χ2n) is 6.99. The molecule has 31 heavy (non-hydrogen) atoms. The Morgan fingerprint density at radius 1 is 0.871 bits per heavy atom. The minimum absolute atomic E-state index is 0.637. The molecule has 3 aromatic carbocycles. The average Bonchev–Trinajstić information content (AvgIpc) is 3.47. The third-order valence-electron chi connectivity index (χ3n) is 5.00. The molecule has 2 aromatic heterocycles. The van der Waals surface area contributed by atoms with Gasteiger partial charge in [0.05, 0.1) is 18.4 Å². The monoisotopic (exact) mass is 427 g/mol. The van der Waals surface area contributed by atoms with Gasteiger partial charge in [-0.25, -0.2) is 4.68 Å². The Hall–Kier alpha value is -3.83. The van der Waals surface area contributed by atoms with E-state index >= 15 is 0 Å². The van der Waals surface area contributed by atoms with E-state index in [1.807, 2.05) is 91.1 Å². The molecule has 2 heterocycles. The van der Waals surface area contributed by atoms with Crippen molar-refractivity contribution in [3.63, 3.8) is 0 Å². The summed E-state index contributed by atoms with van der Waals surface area (Å²) in [5, 5.41) is 9.75. The first-order chi connectivity index (χ1) is 15.2. The molecule has 152 valence electrons. The van der Waals surface area contributed by atoms with E-state index in [2.05, 4.69) is 5.16 Å². The smallest absolute Gasteiger partial charge is 0.171 e. The molecule has 0 saturated heterocycles. The van der Waals surface area contributed by atoms with Crippen LogP contribution in [0.25, 0.3) is 39.5 Å². The van der Waals surface area contributed by atoms with Gasteiger partial charge in [-0.2, -0.15) is 5.10 Å². The van der Waals surface area contributed by atoms with Crippen molar-refractivity contribution >= 4 is 11.6 Å². The lowest BCUT2D eigenvalue weighted by atomic mass is 10.1. The van der Waals surface area contributed by atoms with Gasteiger partial charge < -0.3 is 9.26 Å². The minimum Gasteiger partial charge on any atom is -0.497 e. The van der Waals surface area contributed by atoms with E-state index in [1.165, 1.54) is 0 Å². The number of hydrogen-bond donors (Lipinski definition) is 0. The summed E-state index contributed by atoms with van der Waals surface area (Å²) in [5.41, 5.74) is 5.17. The highest BCUT2D eigenvalue weighted by Gasteiger charge is 2.19. The Morgan fingerprint density at radius 3 is 2.42 bits per heavy atom. The van der Waals surface area contributed by atoms with E-state index < -0.39 is 0 Å². The first-order valence-electron chi connectivity index (χ1n) is 9.74. The van der Waals surface area contributed by atoms with Crippen LogP contribution in [0.15, 0.2) is 95.6 Å². The predicted octanol–water partition coefficient (Wildman–Crippen LogP) is 6.52. The molecule has 0 fully saturated rings. The van der Waals surface area contributed by atoms with Crippen molar-refractivity contribution in [2.75, 3.05) is 7.11 Å². The zero-order valence-corrected chi connectivity index (χ0v) is 17.5. The number of nitrogens with zero attached hydrogens (tertiary/aromatic N) is 3. The molecule has 5 nitrogen and oxygen atoms in total. The van der Waals surface area contributed by atoms with Gasteiger partial charge in [0.2, 0.25) is 0 Å². The fourth-order valence-corrected chi connectivity index (χ4v) is 3.60. The third-order valence-corrected chi connectivity index (χ3v) is 5.23. The van der Waals surface area contributed by atoms with Crippen molar-refractivity contribution in [1.82, 2.24) is 14.9 Å². The predicted molar refractivity (Wildman–Crippen MR) is 121 cm³/mol. The quantitative estimate of drug-likeness (QED) is 0.320. The number of benzene rings is 3. The summed E-state index contributed by atoms with van der Waals surface area (Å²) >= 11 is 6.20. The topological polar surface area (TPSA) is 53.1 Å². The molecular formula is C25H18ClN3O2. The average molecular weight is 428 g/mol. The lowest BCUT2D eigenvalue weighted by Gasteiger charge is -2.03. The standard InChI is InChI=1S/C25H18ClN3O2/c1-30-21-12-10-18(11-13-21)25-22(16-29(27-25)20-9-5-8-19(26)14-20)24-15-23(28-31-24)17-6-3-2-4-7-17/h2-16H,1H3. The minimum atomic E-state index is 0.637. The van der Waals surface area contributed by atoms with Crippen LogP contribution in [0, 0.1) is 0 Å². The lowest BCUT2D eigenvalue weighted by Crippen LogP contribution is -1.94. The first kappa shape index (κ1) is 19.2. The molecule has 0 aliphatic carbocycles. The second kappa shape index (κ2) is 8.13. The summed E-state index contributed by atoms with van der Waals surface area (Å²) < 4.78 is 12.8. The van der Waals surface area contributed by atoms with Crippen LogP contribution in [0.1, 0.15) is 0 Å². The molecule has 0 N–H and O–H groups in total. The fourth-order valence-electron chi connectivity index (χ4n) is 3.41. The molecule has 0 radical (unpaired) electrons. The van der Waals surface area contributed by atoms with E-state index in [1.54, 1.807) is 11.8 Å². The Kier molecular flexibility index (Phi) is 5.02. The molecule has 0 unspecified atom stereocenters. The number of rotatable bonds is 5. The fraction of sp³-hybridized carbons (Fsp3) is 0.0400. The van der Waals surface area contributed by atoms with Crippen molar-refractivity contribution in [1.29, 1.82) is 0 Å². The summed E-state index contributed by atoms with van der Waals surface area (Å²) in [6, 6.07) is 27.2. The molecule has 0 bridgehead atoms. The maximum absolute atomic E-state index is 6.20. The van der Waals surface area contributed by atoms with Gasteiger partial charge in [-0.1, -0.05) is 53.2 Å². The highest BCUT2D eigenvalue weighted by molar-refractivity contribution is 6.30. The van der Waals surface area contributed by atoms with Crippen LogP contribution in [0.2, 0.25) is 5.02 Å². The van der Waals surface area contributed by atoms with Gasteiger partial charge in [0.1, 0.15) is 17.1 Å². The maximum atomic E-state index is 6.20. The van der Waals surface area contributed by atoms with Crippen molar-refractivity contribution in [2.24, 2.45) is 0 Å².